The second-order valence-corrected chi connectivity index (χ2v) is 13.9. The minimum Gasteiger partial charge on any atom is -0.595 e. The zero-order valence-corrected chi connectivity index (χ0v) is 30.5. The fraction of sp³-hybridized carbons (Fsp3) is 0.194. The van der Waals surface area contributed by atoms with Crippen LogP contribution in [0.4, 0.5) is 10.5 Å². The van der Waals surface area contributed by atoms with E-state index in [1.807, 2.05) is 24.4 Å². The fourth-order valence-electron chi connectivity index (χ4n) is 5.34. The van der Waals surface area contributed by atoms with Crippen LogP contribution in [0, 0.1) is 12.3 Å². The molecule has 0 aliphatic carbocycles. The number of carbonyl (C=O) groups excluding carboxylic acids is 1. The summed E-state index contributed by atoms with van der Waals surface area (Å²) in [5.41, 5.74) is 2.77. The average molecular weight is 885 g/mol. The molecule has 0 radical (unpaired) electrons. The Balaban J connectivity index is 0.000000170. The third kappa shape index (κ3) is 9.64. The number of quaternary nitrogens is 1. The molecule has 2 aliphatic rings. The van der Waals surface area contributed by atoms with Crippen molar-refractivity contribution in [3.63, 3.8) is 0 Å². The van der Waals surface area contributed by atoms with E-state index >= 15 is 0 Å². The van der Waals surface area contributed by atoms with Gasteiger partial charge in [0.25, 0.3) is 0 Å². The number of ether oxygens (including phenoxy) is 3. The number of aromatic nitrogens is 2. The summed E-state index contributed by atoms with van der Waals surface area (Å²) in [5, 5.41) is 18.6. The van der Waals surface area contributed by atoms with Gasteiger partial charge in [0.05, 0.1) is 19.1 Å². The van der Waals surface area contributed by atoms with Crippen molar-refractivity contribution in [3.8, 4) is 17.5 Å². The normalized spacial score (nSPS) is 15.3. The topological polar surface area (TPSA) is 125 Å². The lowest BCUT2D eigenvalue weighted by molar-refractivity contribution is -0.991. The van der Waals surface area contributed by atoms with Crippen molar-refractivity contribution in [2.75, 3.05) is 26.2 Å². The molecule has 1 amide bonds. The molecule has 5 aromatic rings. The smallest absolute Gasteiger partial charge is 0.415 e. The molecule has 49 heavy (non-hydrogen) atoms. The summed E-state index contributed by atoms with van der Waals surface area (Å²) in [5.74, 6) is 1.53. The van der Waals surface area contributed by atoms with Gasteiger partial charge in [0.15, 0.2) is 5.69 Å². The lowest BCUT2D eigenvalue weighted by Gasteiger charge is -2.44. The van der Waals surface area contributed by atoms with Crippen LogP contribution in [0.2, 0.25) is 0 Å². The Kier molecular flexibility index (Phi) is 11.9. The number of nitrogens with one attached hydrogen (secondary N) is 1. The van der Waals surface area contributed by atoms with E-state index in [0.717, 1.165) is 20.2 Å². The minimum atomic E-state index is -1.03. The van der Waals surface area contributed by atoms with Crippen LogP contribution in [-0.2, 0) is 0 Å². The van der Waals surface area contributed by atoms with Gasteiger partial charge in [0, 0.05) is 56.9 Å². The standard InChI is InChI=1S/C21H19IN2O.C15H14IN3O5/c22-18-11-12-20(23-13-18)25-19-14-24(15-19)21(16-7-3-1-4-8-16)17-9-5-2-6-10-17;16-10-1-6-14(17-7-10)23-13-8-18(9-13)15(20)24-12-4-2-11(3-5-12)19(21)22/h1-13,19,21H,14-15H2;1-7,13,19,21H,8-9H2. The molecule has 0 spiro atoms. The van der Waals surface area contributed by atoms with E-state index in [2.05, 4.69) is 121 Å². The molecule has 7 rings (SSSR count). The van der Waals surface area contributed by atoms with Crippen LogP contribution >= 0.6 is 45.2 Å². The maximum atomic E-state index is 12.0. The Labute approximate surface area is 311 Å². The van der Waals surface area contributed by atoms with Crippen molar-refractivity contribution < 1.29 is 29.4 Å². The number of likely N-dealkylation sites (tertiary alicyclic amines) is 2. The van der Waals surface area contributed by atoms with Gasteiger partial charge in [-0.15, -0.1) is 0 Å². The Morgan fingerprint density at radius 1 is 0.735 bits per heavy atom. The number of amides is 1. The van der Waals surface area contributed by atoms with E-state index < -0.39 is 11.3 Å². The van der Waals surface area contributed by atoms with Gasteiger partial charge in [-0.3, -0.25) is 4.90 Å². The molecule has 0 bridgehead atoms. The summed E-state index contributed by atoms with van der Waals surface area (Å²) < 4.78 is 19.0. The van der Waals surface area contributed by atoms with Gasteiger partial charge in [0.2, 0.25) is 11.8 Å². The van der Waals surface area contributed by atoms with Crippen molar-refractivity contribution in [2.24, 2.45) is 0 Å². The van der Waals surface area contributed by atoms with Gasteiger partial charge in [0.1, 0.15) is 18.0 Å². The summed E-state index contributed by atoms with van der Waals surface area (Å²) in [6.07, 6.45) is 3.14. The van der Waals surface area contributed by atoms with E-state index in [0.29, 0.717) is 30.6 Å². The highest BCUT2D eigenvalue weighted by Gasteiger charge is 2.36. The SMILES string of the molecule is Ic1ccc(OC2CN(C(c3ccccc3)c3ccccc3)C2)nc1.O=C(Oc1ccc([NH+]([O-])O)cc1)N1CC(Oc2ccc(I)cn2)C1. The molecule has 13 heteroatoms. The van der Waals surface area contributed by atoms with Crippen LogP contribution in [0.25, 0.3) is 0 Å². The number of carbonyl (C=O) groups is 1. The first-order valence-corrected chi connectivity index (χ1v) is 17.7. The summed E-state index contributed by atoms with van der Waals surface area (Å²) in [6.45, 7) is 2.64. The van der Waals surface area contributed by atoms with Crippen molar-refractivity contribution in [1.29, 1.82) is 0 Å². The number of hydrogen-bond acceptors (Lipinski definition) is 9. The molecular weight excluding hydrogens is 852 g/mol. The second kappa shape index (κ2) is 16.7. The molecule has 252 valence electrons. The van der Waals surface area contributed by atoms with Crippen LogP contribution in [0.5, 0.6) is 17.5 Å². The second-order valence-electron chi connectivity index (χ2n) is 11.4. The van der Waals surface area contributed by atoms with E-state index in [4.69, 9.17) is 19.4 Å². The number of hydrogen-bond donors (Lipinski definition) is 2. The van der Waals surface area contributed by atoms with Gasteiger partial charge in [-0.1, -0.05) is 60.7 Å². The Bertz CT molecular complexity index is 1730. The first kappa shape index (κ1) is 35.0. The van der Waals surface area contributed by atoms with Gasteiger partial charge in [-0.05, 0) is 80.6 Å². The van der Waals surface area contributed by atoms with Crippen molar-refractivity contribution >= 4 is 57.0 Å². The average Bonchev–Trinajstić information content (AvgIpc) is 3.08. The van der Waals surface area contributed by atoms with Gasteiger partial charge in [-0.2, -0.15) is 5.23 Å². The van der Waals surface area contributed by atoms with Gasteiger partial charge >= 0.3 is 6.09 Å². The largest absolute Gasteiger partial charge is 0.595 e. The molecule has 2 saturated heterocycles. The van der Waals surface area contributed by atoms with E-state index in [-0.39, 0.29) is 23.9 Å². The van der Waals surface area contributed by atoms with E-state index in [1.165, 1.54) is 40.3 Å². The predicted octanol–water partition coefficient (Wildman–Crippen LogP) is 5.89. The van der Waals surface area contributed by atoms with Crippen molar-refractivity contribution in [1.82, 2.24) is 19.8 Å². The lowest BCUT2D eigenvalue weighted by atomic mass is 9.94. The summed E-state index contributed by atoms with van der Waals surface area (Å²) in [7, 11) is 0. The maximum Gasteiger partial charge on any atom is 0.415 e. The van der Waals surface area contributed by atoms with Gasteiger partial charge in [-0.25, -0.2) is 20.0 Å². The van der Waals surface area contributed by atoms with Crippen molar-refractivity contribution in [2.45, 2.75) is 18.2 Å². The highest BCUT2D eigenvalue weighted by molar-refractivity contribution is 14.1. The molecule has 2 fully saturated rings. The predicted molar refractivity (Wildman–Crippen MR) is 199 cm³/mol. The highest BCUT2D eigenvalue weighted by atomic mass is 127. The number of rotatable bonds is 9. The molecule has 2 N–H and O–H groups in total. The molecule has 11 nitrogen and oxygen atoms in total. The zero-order chi connectivity index (χ0) is 34.2. The first-order chi connectivity index (χ1) is 23.8. The third-order valence-electron chi connectivity index (χ3n) is 7.86. The van der Waals surface area contributed by atoms with E-state index in [9.17, 15) is 10.0 Å². The molecule has 2 aliphatic heterocycles. The van der Waals surface area contributed by atoms with Crippen LogP contribution < -0.4 is 19.4 Å². The Hall–Kier alpha value is -3.87. The molecule has 4 heterocycles. The van der Waals surface area contributed by atoms with Crippen molar-refractivity contribution in [3.05, 3.63) is 145 Å². The molecule has 3 aromatic carbocycles. The Morgan fingerprint density at radius 3 is 1.67 bits per heavy atom. The first-order valence-electron chi connectivity index (χ1n) is 15.5. The number of benzene rings is 3. The fourth-order valence-corrected chi connectivity index (χ4v) is 5.98. The number of nitrogens with zero attached hydrogens (tertiary/aromatic N) is 4. The summed E-state index contributed by atoms with van der Waals surface area (Å²) >= 11 is 4.41. The number of halogens is 2. The molecule has 1 unspecified atom stereocenters. The van der Waals surface area contributed by atoms with Crippen LogP contribution in [0.1, 0.15) is 17.2 Å². The molecular formula is C36H33I2N5O6. The van der Waals surface area contributed by atoms with Crippen LogP contribution in [-0.4, -0.2) is 69.5 Å². The molecule has 1 atom stereocenters. The highest BCUT2D eigenvalue weighted by Crippen LogP contribution is 2.33. The van der Waals surface area contributed by atoms with E-state index in [1.54, 1.807) is 12.3 Å². The summed E-state index contributed by atoms with van der Waals surface area (Å²) in [6, 6.07) is 34.9. The number of pyridine rings is 2. The molecule has 2 aromatic heterocycles. The minimum absolute atomic E-state index is 0.112. The maximum absolute atomic E-state index is 12.0. The third-order valence-corrected chi connectivity index (χ3v) is 9.14. The quantitative estimate of drug-likeness (QED) is 0.138. The van der Waals surface area contributed by atoms with Crippen LogP contribution in [0.3, 0.4) is 0 Å². The van der Waals surface area contributed by atoms with Crippen LogP contribution in [0.15, 0.2) is 122 Å². The zero-order valence-electron chi connectivity index (χ0n) is 26.1. The molecule has 0 saturated carbocycles. The lowest BCUT2D eigenvalue weighted by Crippen LogP contribution is -2.99. The monoisotopic (exact) mass is 885 g/mol. The summed E-state index contributed by atoms with van der Waals surface area (Å²) in [4.78, 5) is 24.4. The Morgan fingerprint density at radius 2 is 1.22 bits per heavy atom. The van der Waals surface area contributed by atoms with Gasteiger partial charge < -0.3 is 24.3 Å².